The molecule has 0 radical (unpaired) electrons. The van der Waals surface area contributed by atoms with Gasteiger partial charge in [-0.25, -0.2) is 0 Å². The number of halogens is 1. The van der Waals surface area contributed by atoms with E-state index in [1.807, 2.05) is 24.3 Å². The molecular formula is C22H24ClNO4. The fourth-order valence-corrected chi connectivity index (χ4v) is 3.86. The van der Waals surface area contributed by atoms with Gasteiger partial charge in [-0.3, -0.25) is 4.79 Å². The van der Waals surface area contributed by atoms with Crippen molar-refractivity contribution >= 4 is 17.5 Å². The van der Waals surface area contributed by atoms with Crippen LogP contribution in [0.25, 0.3) is 11.1 Å². The number of hydrogen-bond donors (Lipinski definition) is 1. The molecular weight excluding hydrogens is 378 g/mol. The molecule has 0 aromatic heterocycles. The summed E-state index contributed by atoms with van der Waals surface area (Å²) in [5.41, 5.74) is 2.89. The molecule has 2 aromatic rings. The number of rotatable bonds is 7. The van der Waals surface area contributed by atoms with E-state index in [0.29, 0.717) is 36.1 Å². The second-order valence-electron chi connectivity index (χ2n) is 7.41. The summed E-state index contributed by atoms with van der Waals surface area (Å²) >= 11 is 6.51. The van der Waals surface area contributed by atoms with Gasteiger partial charge < -0.3 is 19.5 Å². The molecule has 1 heterocycles. The van der Waals surface area contributed by atoms with Crippen LogP contribution >= 0.6 is 11.6 Å². The Morgan fingerprint density at radius 2 is 2.04 bits per heavy atom. The maximum Gasteiger partial charge on any atom is 0.220 e. The molecule has 2 aromatic carbocycles. The Labute approximate surface area is 169 Å². The van der Waals surface area contributed by atoms with E-state index in [1.54, 1.807) is 14.2 Å². The van der Waals surface area contributed by atoms with Crippen LogP contribution in [0.3, 0.4) is 0 Å². The third-order valence-electron chi connectivity index (χ3n) is 5.27. The van der Waals surface area contributed by atoms with Crippen molar-refractivity contribution in [3.63, 3.8) is 0 Å². The minimum absolute atomic E-state index is 0.0990. The van der Waals surface area contributed by atoms with Crippen molar-refractivity contribution < 1.29 is 19.0 Å². The van der Waals surface area contributed by atoms with E-state index in [0.717, 1.165) is 28.2 Å². The van der Waals surface area contributed by atoms with Crippen LogP contribution in [-0.4, -0.2) is 32.8 Å². The lowest BCUT2D eigenvalue weighted by atomic mass is 9.99. The van der Waals surface area contributed by atoms with Crippen molar-refractivity contribution in [2.75, 3.05) is 20.8 Å². The molecule has 1 aliphatic carbocycles. The Morgan fingerprint density at radius 3 is 2.75 bits per heavy atom. The van der Waals surface area contributed by atoms with E-state index >= 15 is 0 Å². The van der Waals surface area contributed by atoms with Crippen molar-refractivity contribution in [1.29, 1.82) is 0 Å². The van der Waals surface area contributed by atoms with Gasteiger partial charge in [-0.15, -0.1) is 0 Å². The Kier molecular flexibility index (Phi) is 5.36. The summed E-state index contributed by atoms with van der Waals surface area (Å²) in [6.45, 7) is 0.494. The van der Waals surface area contributed by atoms with Crippen molar-refractivity contribution in [3.8, 4) is 28.4 Å². The summed E-state index contributed by atoms with van der Waals surface area (Å²) in [6.07, 6.45) is 3.58. The Hall–Kier alpha value is -2.40. The van der Waals surface area contributed by atoms with Gasteiger partial charge >= 0.3 is 0 Å². The van der Waals surface area contributed by atoms with Gasteiger partial charge in [0.05, 0.1) is 25.8 Å². The largest absolute Gasteiger partial charge is 0.497 e. The number of amides is 1. The maximum absolute atomic E-state index is 11.9. The van der Waals surface area contributed by atoms with E-state index in [4.69, 9.17) is 25.8 Å². The third-order valence-corrected chi connectivity index (χ3v) is 5.55. The molecule has 1 N–H and O–H groups in total. The molecule has 1 aliphatic heterocycles. The van der Waals surface area contributed by atoms with Crippen molar-refractivity contribution in [3.05, 3.63) is 40.9 Å². The van der Waals surface area contributed by atoms with Gasteiger partial charge in [0.15, 0.2) is 0 Å². The van der Waals surface area contributed by atoms with E-state index < -0.39 is 0 Å². The van der Waals surface area contributed by atoms with Crippen LogP contribution in [0.5, 0.6) is 17.2 Å². The van der Waals surface area contributed by atoms with E-state index in [9.17, 15) is 4.79 Å². The predicted molar refractivity (Wildman–Crippen MR) is 108 cm³/mol. The van der Waals surface area contributed by atoms with Crippen LogP contribution in [0.1, 0.15) is 24.8 Å². The number of hydrogen-bond acceptors (Lipinski definition) is 4. The molecule has 5 nitrogen and oxygen atoms in total. The highest BCUT2D eigenvalue weighted by Gasteiger charge is 2.28. The Bertz CT molecular complexity index is 894. The van der Waals surface area contributed by atoms with Crippen LogP contribution in [-0.2, 0) is 11.2 Å². The first kappa shape index (κ1) is 18.9. The molecule has 1 fully saturated rings. The number of nitrogens with one attached hydrogen (secondary N) is 1. The first-order chi connectivity index (χ1) is 13.6. The zero-order valence-corrected chi connectivity index (χ0v) is 16.8. The molecule has 4 rings (SSSR count). The average molecular weight is 402 g/mol. The monoisotopic (exact) mass is 401 g/mol. The molecule has 148 valence electrons. The summed E-state index contributed by atoms with van der Waals surface area (Å²) in [6, 6.07) is 9.63. The summed E-state index contributed by atoms with van der Waals surface area (Å²) in [5, 5.41) is 3.55. The number of benzene rings is 2. The van der Waals surface area contributed by atoms with Crippen LogP contribution in [0.2, 0.25) is 5.02 Å². The number of methoxy groups -OCH3 is 2. The van der Waals surface area contributed by atoms with Crippen LogP contribution in [0.15, 0.2) is 30.3 Å². The lowest BCUT2D eigenvalue weighted by molar-refractivity contribution is -0.121. The molecule has 1 atom stereocenters. The van der Waals surface area contributed by atoms with Crippen molar-refractivity contribution in [1.82, 2.24) is 5.32 Å². The molecule has 0 bridgehead atoms. The highest BCUT2D eigenvalue weighted by atomic mass is 35.5. The van der Waals surface area contributed by atoms with Crippen molar-refractivity contribution in [2.24, 2.45) is 5.92 Å². The van der Waals surface area contributed by atoms with Crippen LogP contribution < -0.4 is 19.5 Å². The van der Waals surface area contributed by atoms with Gasteiger partial charge in [0.25, 0.3) is 0 Å². The van der Waals surface area contributed by atoms with E-state index in [1.165, 1.54) is 12.8 Å². The van der Waals surface area contributed by atoms with Gasteiger partial charge in [0, 0.05) is 24.0 Å². The lowest BCUT2D eigenvalue weighted by Gasteiger charge is -2.13. The molecule has 0 saturated heterocycles. The minimum Gasteiger partial charge on any atom is -0.497 e. The SMILES string of the molecule is COc1ccc(OC)c(-c2cc(Cl)c3c(c2)CC(CNC(=O)CC2CC2)O3)c1. The zero-order chi connectivity index (χ0) is 19.7. The molecule has 0 spiro atoms. The Balaban J connectivity index is 1.51. The van der Waals surface area contributed by atoms with Crippen LogP contribution in [0.4, 0.5) is 0 Å². The second kappa shape index (κ2) is 7.92. The molecule has 2 aliphatic rings. The summed E-state index contributed by atoms with van der Waals surface area (Å²) in [4.78, 5) is 11.9. The smallest absolute Gasteiger partial charge is 0.220 e. The minimum atomic E-state index is -0.0990. The van der Waals surface area contributed by atoms with Gasteiger partial charge in [0.1, 0.15) is 23.4 Å². The van der Waals surface area contributed by atoms with Crippen LogP contribution in [0, 0.1) is 5.92 Å². The number of carbonyl (C=O) groups excluding carboxylic acids is 1. The van der Waals surface area contributed by atoms with Gasteiger partial charge in [0.2, 0.25) is 5.91 Å². The fraction of sp³-hybridized carbons (Fsp3) is 0.409. The lowest BCUT2D eigenvalue weighted by Crippen LogP contribution is -2.34. The van der Waals surface area contributed by atoms with Gasteiger partial charge in [-0.05, 0) is 54.7 Å². The normalized spacial score (nSPS) is 17.6. The topological polar surface area (TPSA) is 56.8 Å². The molecule has 1 saturated carbocycles. The summed E-state index contributed by atoms with van der Waals surface area (Å²) in [7, 11) is 3.28. The predicted octanol–water partition coefficient (Wildman–Crippen LogP) is 4.24. The molecule has 1 amide bonds. The highest BCUT2D eigenvalue weighted by Crippen LogP contribution is 2.42. The standard InChI is InChI=1S/C22H24ClNO4/c1-26-16-5-6-20(27-2)18(11-16)14-8-15-9-17(28-22(15)19(23)10-14)12-24-21(25)7-13-3-4-13/h5-6,8,10-11,13,17H,3-4,7,9,12H2,1-2H3,(H,24,25). The summed E-state index contributed by atoms with van der Waals surface area (Å²) in [5.74, 6) is 2.89. The number of carbonyl (C=O) groups is 1. The Morgan fingerprint density at radius 1 is 1.21 bits per heavy atom. The number of fused-ring (bicyclic) bond motifs is 1. The van der Waals surface area contributed by atoms with Gasteiger partial charge in [-0.2, -0.15) is 0 Å². The summed E-state index contributed by atoms with van der Waals surface area (Å²) < 4.78 is 16.9. The first-order valence-electron chi connectivity index (χ1n) is 9.55. The molecule has 1 unspecified atom stereocenters. The zero-order valence-electron chi connectivity index (χ0n) is 16.1. The second-order valence-corrected chi connectivity index (χ2v) is 7.82. The average Bonchev–Trinajstić information content (AvgIpc) is 3.41. The van der Waals surface area contributed by atoms with E-state index in [2.05, 4.69) is 11.4 Å². The van der Waals surface area contributed by atoms with Crippen molar-refractivity contribution in [2.45, 2.75) is 31.8 Å². The molecule has 28 heavy (non-hydrogen) atoms. The quantitative estimate of drug-likeness (QED) is 0.753. The van der Waals surface area contributed by atoms with E-state index in [-0.39, 0.29) is 12.0 Å². The highest BCUT2D eigenvalue weighted by molar-refractivity contribution is 6.32. The molecule has 6 heteroatoms. The van der Waals surface area contributed by atoms with Gasteiger partial charge in [-0.1, -0.05) is 11.6 Å². The number of ether oxygens (including phenoxy) is 3. The first-order valence-corrected chi connectivity index (χ1v) is 9.93. The fourth-order valence-electron chi connectivity index (χ4n) is 3.58. The third kappa shape index (κ3) is 4.04. The maximum atomic E-state index is 11.9.